The summed E-state index contributed by atoms with van der Waals surface area (Å²) in [5, 5.41) is 10.1. The number of anilines is 1. The first-order chi connectivity index (χ1) is 9.94. The average Bonchev–Trinajstić information content (AvgIpc) is 3.07. The smallest absolute Gasteiger partial charge is 0.244 e. The molecular weight excluding hydrogens is 314 g/mol. The fourth-order valence-electron chi connectivity index (χ4n) is 1.87. The quantitative estimate of drug-likeness (QED) is 0.789. The molecule has 0 spiro atoms. The van der Waals surface area contributed by atoms with Gasteiger partial charge in [0.25, 0.3) is 0 Å². The molecule has 0 radical (unpaired) electrons. The lowest BCUT2D eigenvalue weighted by Crippen LogP contribution is -2.33. The Morgan fingerprint density at radius 2 is 2.38 bits per heavy atom. The molecule has 1 aromatic heterocycles. The lowest BCUT2D eigenvalue weighted by molar-refractivity contribution is -0.115. The molecule has 1 aliphatic heterocycles. The second kappa shape index (κ2) is 6.63. The van der Waals surface area contributed by atoms with E-state index in [1.165, 1.54) is 24.3 Å². The highest BCUT2D eigenvalue weighted by molar-refractivity contribution is 7.92. The van der Waals surface area contributed by atoms with Crippen LogP contribution in [0.15, 0.2) is 12.7 Å². The molecule has 21 heavy (non-hydrogen) atoms. The van der Waals surface area contributed by atoms with Gasteiger partial charge in [0.2, 0.25) is 11.0 Å². The minimum absolute atomic E-state index is 0.0740. The number of nitrogens with zero attached hydrogens (tertiary/aromatic N) is 2. The van der Waals surface area contributed by atoms with Gasteiger partial charge in [-0.3, -0.25) is 10.1 Å². The number of hydrogen-bond acceptors (Lipinski definition) is 7. The van der Waals surface area contributed by atoms with Crippen LogP contribution in [-0.4, -0.2) is 42.1 Å². The first-order valence-corrected chi connectivity index (χ1v) is 9.05. The Hall–Kier alpha value is -1.32. The van der Waals surface area contributed by atoms with Gasteiger partial charge < -0.3 is 4.74 Å². The van der Waals surface area contributed by atoms with Crippen LogP contribution in [0, 0.1) is 0 Å². The Morgan fingerprint density at radius 1 is 1.62 bits per heavy atom. The van der Waals surface area contributed by atoms with Gasteiger partial charge in [0.1, 0.15) is 16.4 Å². The summed E-state index contributed by atoms with van der Waals surface area (Å²) in [4.78, 5) is 11.9. The molecule has 1 aromatic rings. The van der Waals surface area contributed by atoms with E-state index in [0.717, 1.165) is 12.8 Å². The number of rotatable bonds is 6. The van der Waals surface area contributed by atoms with E-state index in [9.17, 15) is 13.2 Å². The Labute approximate surface area is 127 Å². The third-order valence-corrected chi connectivity index (χ3v) is 6.06. The molecule has 116 valence electrons. The van der Waals surface area contributed by atoms with Gasteiger partial charge in [0.15, 0.2) is 9.84 Å². The number of aromatic nitrogens is 2. The SMILES string of the molecule is C=CCS(=O)(=O)C(C)C(=O)Nc1nnc(C2CCCO2)s1. The summed E-state index contributed by atoms with van der Waals surface area (Å²) in [6.07, 6.45) is 3.05. The zero-order valence-corrected chi connectivity index (χ0v) is 13.2. The fourth-order valence-corrected chi connectivity index (χ4v) is 3.70. The van der Waals surface area contributed by atoms with Crippen molar-refractivity contribution in [3.63, 3.8) is 0 Å². The van der Waals surface area contributed by atoms with E-state index < -0.39 is 21.0 Å². The standard InChI is InChI=1S/C12H17N3O4S2/c1-3-7-21(17,18)8(2)10(16)13-12-15-14-11(20-12)9-5-4-6-19-9/h3,8-9H,1,4-7H2,2H3,(H,13,15,16). The lowest BCUT2D eigenvalue weighted by Gasteiger charge is -2.10. The van der Waals surface area contributed by atoms with E-state index in [2.05, 4.69) is 22.1 Å². The normalized spacial score (nSPS) is 20.1. The molecule has 1 N–H and O–H groups in total. The molecule has 1 saturated heterocycles. The molecule has 2 unspecified atom stereocenters. The summed E-state index contributed by atoms with van der Waals surface area (Å²) in [7, 11) is -3.54. The predicted molar refractivity (Wildman–Crippen MR) is 79.9 cm³/mol. The van der Waals surface area contributed by atoms with Crippen LogP contribution in [0.3, 0.4) is 0 Å². The van der Waals surface area contributed by atoms with Gasteiger partial charge in [0, 0.05) is 6.61 Å². The molecule has 1 fully saturated rings. The topological polar surface area (TPSA) is 98.2 Å². The van der Waals surface area contributed by atoms with Crippen molar-refractivity contribution in [3.05, 3.63) is 17.7 Å². The summed E-state index contributed by atoms with van der Waals surface area (Å²) in [5.74, 6) is -0.856. The number of amides is 1. The second-order valence-corrected chi connectivity index (χ2v) is 8.07. The molecule has 2 atom stereocenters. The molecule has 0 aromatic carbocycles. The molecule has 1 amide bonds. The van der Waals surface area contributed by atoms with Crippen molar-refractivity contribution in [2.24, 2.45) is 0 Å². The number of carbonyl (C=O) groups is 1. The molecule has 2 heterocycles. The lowest BCUT2D eigenvalue weighted by atomic mass is 10.2. The van der Waals surface area contributed by atoms with Crippen LogP contribution in [0.2, 0.25) is 0 Å². The molecule has 0 aliphatic carbocycles. The van der Waals surface area contributed by atoms with Crippen molar-refractivity contribution in [2.45, 2.75) is 31.1 Å². The molecule has 9 heteroatoms. The highest BCUT2D eigenvalue weighted by Gasteiger charge is 2.28. The van der Waals surface area contributed by atoms with Crippen LogP contribution in [0.1, 0.15) is 30.9 Å². The summed E-state index contributed by atoms with van der Waals surface area (Å²) < 4.78 is 29.1. The third kappa shape index (κ3) is 3.86. The van der Waals surface area contributed by atoms with Gasteiger partial charge in [-0.25, -0.2) is 8.42 Å². The van der Waals surface area contributed by atoms with Gasteiger partial charge in [0.05, 0.1) is 5.75 Å². The van der Waals surface area contributed by atoms with E-state index in [0.29, 0.717) is 11.6 Å². The number of carbonyl (C=O) groups excluding carboxylic acids is 1. The Morgan fingerprint density at radius 3 is 3.00 bits per heavy atom. The number of sulfone groups is 1. The highest BCUT2D eigenvalue weighted by Crippen LogP contribution is 2.31. The van der Waals surface area contributed by atoms with Crippen LogP contribution in [0.4, 0.5) is 5.13 Å². The second-order valence-electron chi connectivity index (χ2n) is 4.70. The van der Waals surface area contributed by atoms with Crippen molar-refractivity contribution in [2.75, 3.05) is 17.7 Å². The largest absolute Gasteiger partial charge is 0.371 e. The fraction of sp³-hybridized carbons (Fsp3) is 0.583. The van der Waals surface area contributed by atoms with Gasteiger partial charge in [-0.05, 0) is 19.8 Å². The monoisotopic (exact) mass is 331 g/mol. The van der Waals surface area contributed by atoms with E-state index in [4.69, 9.17) is 4.74 Å². The van der Waals surface area contributed by atoms with Crippen LogP contribution in [0.5, 0.6) is 0 Å². The number of ether oxygens (including phenoxy) is 1. The molecule has 0 saturated carbocycles. The van der Waals surface area contributed by atoms with E-state index in [1.54, 1.807) is 0 Å². The first kappa shape index (κ1) is 16.1. The Bertz CT molecular complexity index is 620. The highest BCUT2D eigenvalue weighted by atomic mass is 32.2. The predicted octanol–water partition coefficient (Wildman–Crippen LogP) is 1.32. The number of nitrogens with one attached hydrogen (secondary N) is 1. The minimum atomic E-state index is -3.54. The Balaban J connectivity index is 2.01. The van der Waals surface area contributed by atoms with Gasteiger partial charge in [-0.1, -0.05) is 17.4 Å². The molecule has 1 aliphatic rings. The first-order valence-electron chi connectivity index (χ1n) is 6.52. The van der Waals surface area contributed by atoms with Crippen LogP contribution < -0.4 is 5.32 Å². The van der Waals surface area contributed by atoms with Crippen LogP contribution in [-0.2, 0) is 19.4 Å². The van der Waals surface area contributed by atoms with E-state index in [1.807, 2.05) is 0 Å². The van der Waals surface area contributed by atoms with Crippen molar-refractivity contribution in [1.82, 2.24) is 10.2 Å². The van der Waals surface area contributed by atoms with E-state index in [-0.39, 0.29) is 17.0 Å². The maximum absolute atomic E-state index is 11.9. The third-order valence-electron chi connectivity index (χ3n) is 3.13. The molecule has 0 bridgehead atoms. The van der Waals surface area contributed by atoms with Gasteiger partial charge >= 0.3 is 0 Å². The molecular formula is C12H17N3O4S2. The summed E-state index contributed by atoms with van der Waals surface area (Å²) in [6.45, 7) is 5.41. The van der Waals surface area contributed by atoms with Crippen LogP contribution in [0.25, 0.3) is 0 Å². The van der Waals surface area contributed by atoms with Gasteiger partial charge in [-0.15, -0.1) is 16.8 Å². The minimum Gasteiger partial charge on any atom is -0.371 e. The van der Waals surface area contributed by atoms with Crippen molar-refractivity contribution in [1.29, 1.82) is 0 Å². The van der Waals surface area contributed by atoms with E-state index >= 15 is 0 Å². The molecule has 7 nitrogen and oxygen atoms in total. The van der Waals surface area contributed by atoms with Crippen molar-refractivity contribution < 1.29 is 17.9 Å². The van der Waals surface area contributed by atoms with Crippen molar-refractivity contribution >= 4 is 32.2 Å². The van der Waals surface area contributed by atoms with Gasteiger partial charge in [-0.2, -0.15) is 0 Å². The summed E-state index contributed by atoms with van der Waals surface area (Å²) in [5.41, 5.74) is 0. The zero-order chi connectivity index (χ0) is 15.5. The van der Waals surface area contributed by atoms with Crippen LogP contribution >= 0.6 is 11.3 Å². The maximum atomic E-state index is 11.9. The molecule has 2 rings (SSSR count). The summed E-state index contributed by atoms with van der Waals surface area (Å²) >= 11 is 1.21. The van der Waals surface area contributed by atoms with Crippen molar-refractivity contribution in [3.8, 4) is 0 Å². The average molecular weight is 331 g/mol. The zero-order valence-electron chi connectivity index (χ0n) is 11.6. The summed E-state index contributed by atoms with van der Waals surface area (Å²) in [6, 6.07) is 0. The maximum Gasteiger partial charge on any atom is 0.244 e. The number of hydrogen-bond donors (Lipinski definition) is 1. The Kier molecular flexibility index (Phi) is 5.07.